The summed E-state index contributed by atoms with van der Waals surface area (Å²) in [5.74, 6) is 1.17. The van der Waals surface area contributed by atoms with Crippen LogP contribution in [0.4, 0.5) is 0 Å². The van der Waals surface area contributed by atoms with Gasteiger partial charge in [-0.25, -0.2) is 9.76 Å². The Labute approximate surface area is 157 Å². The number of hydrogen-bond acceptors (Lipinski definition) is 8. The number of benzene rings is 1. The Bertz CT molecular complexity index is 574. The van der Waals surface area contributed by atoms with Gasteiger partial charge in [0, 0.05) is 18.9 Å². The van der Waals surface area contributed by atoms with Gasteiger partial charge in [-0.15, -0.1) is 0 Å². The summed E-state index contributed by atoms with van der Waals surface area (Å²) in [6.07, 6.45) is 4.53. The van der Waals surface area contributed by atoms with E-state index in [4.69, 9.17) is 23.8 Å². The lowest BCUT2D eigenvalue weighted by molar-refractivity contribution is -0.291. The lowest BCUT2D eigenvalue weighted by Gasteiger charge is -2.14. The number of ether oxygens (including phenoxy) is 2. The minimum Gasteiger partial charge on any atom is -0.497 e. The Morgan fingerprint density at radius 1 is 1.27 bits per heavy atom. The van der Waals surface area contributed by atoms with E-state index in [2.05, 4.69) is 0 Å². The molecule has 1 amide bonds. The molecule has 0 aromatic heterocycles. The van der Waals surface area contributed by atoms with E-state index in [9.17, 15) is 4.79 Å². The number of nitrogens with zero attached hydrogens (tertiary/aromatic N) is 1. The van der Waals surface area contributed by atoms with Crippen LogP contribution in [-0.4, -0.2) is 42.5 Å². The first kappa shape index (κ1) is 20.8. The summed E-state index contributed by atoms with van der Waals surface area (Å²) < 4.78 is 16.1. The van der Waals surface area contributed by atoms with Gasteiger partial charge < -0.3 is 9.47 Å². The zero-order valence-electron chi connectivity index (χ0n) is 15.1. The Kier molecular flexibility index (Phi) is 8.99. The molecule has 0 spiro atoms. The first-order valence-electron chi connectivity index (χ1n) is 8.58. The molecule has 146 valence electrons. The second-order valence-electron chi connectivity index (χ2n) is 5.84. The summed E-state index contributed by atoms with van der Waals surface area (Å²) in [5, 5.41) is 9.92. The first-order valence-corrected chi connectivity index (χ1v) is 9.38. The third kappa shape index (κ3) is 6.65. The summed E-state index contributed by atoms with van der Waals surface area (Å²) in [6.45, 7) is 0.662. The average Bonchev–Trinajstić information content (AvgIpc) is 3.11. The van der Waals surface area contributed by atoms with E-state index in [-0.39, 0.29) is 11.3 Å². The molecule has 9 heteroatoms. The summed E-state index contributed by atoms with van der Waals surface area (Å²) in [4.78, 5) is 16.7. The maximum absolute atomic E-state index is 10.9. The number of unbranched alkanes of at least 4 members (excludes halogenated alkanes) is 3. The van der Waals surface area contributed by atoms with Crippen LogP contribution in [0.5, 0.6) is 11.5 Å². The van der Waals surface area contributed by atoms with Gasteiger partial charge in [-0.2, -0.15) is 0 Å². The molecule has 1 aliphatic heterocycles. The standard InChI is InChI=1S/C17H26N2O6S/c1-22-14-9-8-13(15(12-14)23-2)11-17-24-19(25-26-17)10-6-4-3-5-7-16(20)18-21/h8-9,12,17,21H,3-7,10-11H2,1-2H3,(H,18,20). The molecule has 1 saturated heterocycles. The van der Waals surface area contributed by atoms with E-state index in [0.29, 0.717) is 19.4 Å². The van der Waals surface area contributed by atoms with E-state index in [1.165, 1.54) is 17.3 Å². The molecular formula is C17H26N2O6S. The van der Waals surface area contributed by atoms with Crippen molar-refractivity contribution < 1.29 is 28.6 Å². The molecule has 1 heterocycles. The number of hydrogen-bond donors (Lipinski definition) is 2. The van der Waals surface area contributed by atoms with Gasteiger partial charge in [-0.1, -0.05) is 24.1 Å². The lowest BCUT2D eigenvalue weighted by Crippen LogP contribution is -2.20. The van der Waals surface area contributed by atoms with Crippen molar-refractivity contribution in [3.8, 4) is 11.5 Å². The van der Waals surface area contributed by atoms with E-state index < -0.39 is 0 Å². The summed E-state index contributed by atoms with van der Waals surface area (Å²) >= 11 is 1.29. The molecule has 0 radical (unpaired) electrons. The second kappa shape index (κ2) is 11.2. The topological polar surface area (TPSA) is 89.5 Å². The van der Waals surface area contributed by atoms with Crippen molar-refractivity contribution >= 4 is 17.9 Å². The smallest absolute Gasteiger partial charge is 0.243 e. The molecule has 1 atom stereocenters. The quantitative estimate of drug-likeness (QED) is 0.260. The van der Waals surface area contributed by atoms with Crippen molar-refractivity contribution in [1.29, 1.82) is 0 Å². The van der Waals surface area contributed by atoms with Crippen molar-refractivity contribution in [3.63, 3.8) is 0 Å². The second-order valence-corrected chi connectivity index (χ2v) is 6.71. The number of amides is 1. The van der Waals surface area contributed by atoms with Crippen molar-refractivity contribution in [2.45, 2.75) is 44.0 Å². The zero-order valence-corrected chi connectivity index (χ0v) is 15.9. The fourth-order valence-electron chi connectivity index (χ4n) is 2.56. The van der Waals surface area contributed by atoms with Crippen molar-refractivity contribution in [1.82, 2.24) is 10.7 Å². The normalized spacial score (nSPS) is 17.3. The average molecular weight is 386 g/mol. The zero-order chi connectivity index (χ0) is 18.8. The van der Waals surface area contributed by atoms with Crippen molar-refractivity contribution in [2.75, 3.05) is 20.8 Å². The fraction of sp³-hybridized carbons (Fsp3) is 0.588. The third-order valence-corrected chi connectivity index (χ3v) is 4.69. The lowest BCUT2D eigenvalue weighted by atomic mass is 10.1. The maximum Gasteiger partial charge on any atom is 0.243 e. The Balaban J connectivity index is 1.66. The molecule has 1 aromatic rings. The van der Waals surface area contributed by atoms with Crippen LogP contribution < -0.4 is 15.0 Å². The number of hydroxylamine groups is 3. The Morgan fingerprint density at radius 3 is 2.81 bits per heavy atom. The molecule has 1 aromatic carbocycles. The van der Waals surface area contributed by atoms with Gasteiger partial charge in [0.25, 0.3) is 0 Å². The highest BCUT2D eigenvalue weighted by Gasteiger charge is 2.27. The van der Waals surface area contributed by atoms with Crippen LogP contribution in [0, 0.1) is 0 Å². The molecule has 1 unspecified atom stereocenters. The fourth-order valence-corrected chi connectivity index (χ4v) is 3.24. The first-order chi connectivity index (χ1) is 12.7. The Hall–Kier alpha value is -1.52. The van der Waals surface area contributed by atoms with Gasteiger partial charge in [-0.3, -0.25) is 14.8 Å². The molecule has 0 bridgehead atoms. The SMILES string of the molecule is COc1ccc(CC2ON(CCCCCCC(=O)NO)OS2)c(OC)c1. The molecule has 26 heavy (non-hydrogen) atoms. The van der Waals surface area contributed by atoms with Crippen LogP contribution in [0.2, 0.25) is 0 Å². The number of nitrogens with one attached hydrogen (secondary N) is 1. The van der Waals surface area contributed by atoms with Gasteiger partial charge in [0.1, 0.15) is 11.5 Å². The number of carbonyl (C=O) groups is 1. The monoisotopic (exact) mass is 386 g/mol. The van der Waals surface area contributed by atoms with Crippen LogP contribution in [0.3, 0.4) is 0 Å². The molecule has 2 N–H and O–H groups in total. The van der Waals surface area contributed by atoms with Crippen LogP contribution >= 0.6 is 12.0 Å². The van der Waals surface area contributed by atoms with Gasteiger partial charge in [0.2, 0.25) is 5.91 Å². The number of methoxy groups -OCH3 is 2. The van der Waals surface area contributed by atoms with E-state index >= 15 is 0 Å². The summed E-state index contributed by atoms with van der Waals surface area (Å²) in [7, 11) is 3.26. The third-order valence-electron chi connectivity index (χ3n) is 3.97. The van der Waals surface area contributed by atoms with Crippen LogP contribution in [0.15, 0.2) is 18.2 Å². The highest BCUT2D eigenvalue weighted by molar-refractivity contribution is 7.95. The molecule has 8 nitrogen and oxygen atoms in total. The minimum absolute atomic E-state index is 0.134. The predicted molar refractivity (Wildman–Crippen MR) is 96.5 cm³/mol. The Morgan fingerprint density at radius 2 is 2.08 bits per heavy atom. The van der Waals surface area contributed by atoms with Crippen LogP contribution in [0.25, 0.3) is 0 Å². The van der Waals surface area contributed by atoms with Crippen molar-refractivity contribution in [3.05, 3.63) is 23.8 Å². The van der Waals surface area contributed by atoms with E-state index in [0.717, 1.165) is 42.7 Å². The predicted octanol–water partition coefficient (Wildman–Crippen LogP) is 2.86. The summed E-state index contributed by atoms with van der Waals surface area (Å²) in [6, 6.07) is 5.71. The number of carbonyl (C=O) groups excluding carboxylic acids is 1. The highest BCUT2D eigenvalue weighted by atomic mass is 32.2. The molecule has 1 fully saturated rings. The van der Waals surface area contributed by atoms with Gasteiger partial charge >= 0.3 is 0 Å². The molecule has 2 rings (SSSR count). The number of rotatable bonds is 11. The van der Waals surface area contributed by atoms with Crippen LogP contribution in [-0.2, 0) is 20.3 Å². The highest BCUT2D eigenvalue weighted by Crippen LogP contribution is 2.33. The molecular weight excluding hydrogens is 360 g/mol. The van der Waals surface area contributed by atoms with E-state index in [1.54, 1.807) is 19.7 Å². The molecule has 0 aliphatic carbocycles. The largest absolute Gasteiger partial charge is 0.497 e. The molecule has 0 saturated carbocycles. The van der Waals surface area contributed by atoms with E-state index in [1.807, 2.05) is 18.2 Å². The van der Waals surface area contributed by atoms with Gasteiger partial charge in [0.05, 0.1) is 32.8 Å². The maximum atomic E-state index is 10.9. The molecule has 1 aliphatic rings. The van der Waals surface area contributed by atoms with Gasteiger partial charge in [-0.05, 0) is 24.5 Å². The van der Waals surface area contributed by atoms with Crippen LogP contribution in [0.1, 0.15) is 37.7 Å². The summed E-state index contributed by atoms with van der Waals surface area (Å²) in [5.41, 5.74) is 2.53. The van der Waals surface area contributed by atoms with Gasteiger partial charge in [0.15, 0.2) is 5.44 Å². The minimum atomic E-state index is -0.343. The van der Waals surface area contributed by atoms with Crippen molar-refractivity contribution in [2.24, 2.45) is 0 Å².